The Labute approximate surface area is 135 Å². The van der Waals surface area contributed by atoms with Crippen LogP contribution in [0.3, 0.4) is 0 Å². The number of likely N-dealkylation sites (N-methyl/N-ethyl adjacent to an activating group) is 1. The Morgan fingerprint density at radius 1 is 1.39 bits per heavy atom. The van der Waals surface area contributed by atoms with Crippen LogP contribution in [0.5, 0.6) is 0 Å². The Hall–Kier alpha value is -2.63. The second-order valence-corrected chi connectivity index (χ2v) is 4.89. The third kappa shape index (κ3) is 3.41. The van der Waals surface area contributed by atoms with Gasteiger partial charge in [0.15, 0.2) is 0 Å². The number of rotatable bonds is 6. The van der Waals surface area contributed by atoms with Crippen LogP contribution >= 0.6 is 0 Å². The van der Waals surface area contributed by atoms with Crippen LogP contribution < -0.4 is 0 Å². The standard InChI is InChI=1S/C17H20N2O4/c1-4-7-13-15(23-17(21)22-6-3)14(19(5-2)16(13)20)12-8-10-18-11-9-12/h4,8-11,14H,1,5-7H2,2-3H3. The van der Waals surface area contributed by atoms with Crippen LogP contribution in [0.1, 0.15) is 31.9 Å². The molecule has 0 aromatic carbocycles. The molecule has 1 aromatic rings. The first-order valence-electron chi connectivity index (χ1n) is 7.53. The average Bonchev–Trinajstić information content (AvgIpc) is 2.81. The molecular formula is C17H20N2O4. The molecule has 6 nitrogen and oxygen atoms in total. The van der Waals surface area contributed by atoms with Crippen molar-refractivity contribution in [3.8, 4) is 0 Å². The first kappa shape index (κ1) is 16.7. The third-order valence-electron chi connectivity index (χ3n) is 3.54. The summed E-state index contributed by atoms with van der Waals surface area (Å²) < 4.78 is 10.2. The number of aromatic nitrogens is 1. The fraction of sp³-hybridized carbons (Fsp3) is 0.353. The van der Waals surface area contributed by atoms with Gasteiger partial charge in [-0.05, 0) is 38.0 Å². The molecule has 122 valence electrons. The van der Waals surface area contributed by atoms with Crippen LogP contribution in [-0.2, 0) is 14.3 Å². The molecule has 1 aliphatic heterocycles. The minimum Gasteiger partial charge on any atom is -0.434 e. The summed E-state index contributed by atoms with van der Waals surface area (Å²) in [6.07, 6.45) is 4.41. The Morgan fingerprint density at radius 3 is 2.65 bits per heavy atom. The van der Waals surface area contributed by atoms with Crippen LogP contribution in [0, 0.1) is 0 Å². The van der Waals surface area contributed by atoms with E-state index < -0.39 is 12.2 Å². The van der Waals surface area contributed by atoms with Crippen molar-refractivity contribution >= 4 is 12.1 Å². The lowest BCUT2D eigenvalue weighted by Gasteiger charge is -2.25. The molecule has 1 unspecified atom stereocenters. The van der Waals surface area contributed by atoms with Crippen molar-refractivity contribution in [1.29, 1.82) is 0 Å². The summed E-state index contributed by atoms with van der Waals surface area (Å²) in [5.74, 6) is 0.148. The summed E-state index contributed by atoms with van der Waals surface area (Å²) in [6, 6.07) is 3.13. The summed E-state index contributed by atoms with van der Waals surface area (Å²) in [6.45, 7) is 7.93. The van der Waals surface area contributed by atoms with Crippen LogP contribution in [0.4, 0.5) is 4.79 Å². The molecule has 0 saturated heterocycles. The molecule has 6 heteroatoms. The van der Waals surface area contributed by atoms with Gasteiger partial charge in [0.2, 0.25) is 0 Å². The second-order valence-electron chi connectivity index (χ2n) is 4.89. The van der Waals surface area contributed by atoms with E-state index in [1.54, 1.807) is 42.4 Å². The lowest BCUT2D eigenvalue weighted by molar-refractivity contribution is -0.127. The Morgan fingerprint density at radius 2 is 2.09 bits per heavy atom. The topological polar surface area (TPSA) is 68.7 Å². The molecule has 0 fully saturated rings. The smallest absolute Gasteiger partial charge is 0.434 e. The predicted octanol–water partition coefficient (Wildman–Crippen LogP) is 2.99. The van der Waals surface area contributed by atoms with Gasteiger partial charge < -0.3 is 14.4 Å². The van der Waals surface area contributed by atoms with Gasteiger partial charge in [0.05, 0.1) is 12.2 Å². The molecule has 2 heterocycles. The average molecular weight is 316 g/mol. The van der Waals surface area contributed by atoms with E-state index in [2.05, 4.69) is 11.6 Å². The van der Waals surface area contributed by atoms with Gasteiger partial charge in [-0.2, -0.15) is 0 Å². The van der Waals surface area contributed by atoms with Crippen molar-refractivity contribution in [2.24, 2.45) is 0 Å². The molecule has 0 bridgehead atoms. The van der Waals surface area contributed by atoms with Gasteiger partial charge in [0, 0.05) is 18.9 Å². The molecule has 0 aliphatic carbocycles. The van der Waals surface area contributed by atoms with Gasteiger partial charge in [-0.1, -0.05) is 6.08 Å². The fourth-order valence-electron chi connectivity index (χ4n) is 2.59. The second kappa shape index (κ2) is 7.58. The van der Waals surface area contributed by atoms with Crippen molar-refractivity contribution in [2.75, 3.05) is 13.2 Å². The molecule has 2 rings (SSSR count). The predicted molar refractivity (Wildman–Crippen MR) is 84.3 cm³/mol. The van der Waals surface area contributed by atoms with Crippen molar-refractivity contribution in [3.63, 3.8) is 0 Å². The number of carbonyl (C=O) groups excluding carboxylic acids is 2. The third-order valence-corrected chi connectivity index (χ3v) is 3.54. The molecule has 0 N–H and O–H groups in total. The highest BCUT2D eigenvalue weighted by Gasteiger charge is 2.41. The highest BCUT2D eigenvalue weighted by molar-refractivity contribution is 5.98. The quantitative estimate of drug-likeness (QED) is 0.596. The SMILES string of the molecule is C=CCC1=C(OC(=O)OCC)C(c2ccncc2)N(CC)C1=O. The van der Waals surface area contributed by atoms with E-state index in [1.165, 1.54) is 0 Å². The van der Waals surface area contributed by atoms with Gasteiger partial charge in [0.25, 0.3) is 5.91 Å². The summed E-state index contributed by atoms with van der Waals surface area (Å²) >= 11 is 0. The van der Waals surface area contributed by atoms with E-state index in [0.717, 1.165) is 5.56 Å². The molecule has 23 heavy (non-hydrogen) atoms. The Kier molecular flexibility index (Phi) is 5.51. The number of amides is 1. The van der Waals surface area contributed by atoms with Gasteiger partial charge in [-0.15, -0.1) is 6.58 Å². The minimum atomic E-state index is -0.811. The van der Waals surface area contributed by atoms with Crippen LogP contribution in [0.15, 0.2) is 48.5 Å². The van der Waals surface area contributed by atoms with Gasteiger partial charge >= 0.3 is 6.16 Å². The van der Waals surface area contributed by atoms with Crippen molar-refractivity contribution in [1.82, 2.24) is 9.88 Å². The minimum absolute atomic E-state index is 0.159. The number of nitrogens with zero attached hydrogens (tertiary/aromatic N) is 2. The lowest BCUT2D eigenvalue weighted by Crippen LogP contribution is -2.30. The molecule has 0 radical (unpaired) electrons. The van der Waals surface area contributed by atoms with Crippen molar-refractivity contribution in [3.05, 3.63) is 54.1 Å². The zero-order valence-electron chi connectivity index (χ0n) is 13.3. The molecule has 1 aromatic heterocycles. The summed E-state index contributed by atoms with van der Waals surface area (Å²) in [5.41, 5.74) is 1.25. The number of hydrogen-bond donors (Lipinski definition) is 0. The van der Waals surface area contributed by atoms with Crippen LogP contribution in [0.25, 0.3) is 0 Å². The van der Waals surface area contributed by atoms with Gasteiger partial charge in [-0.25, -0.2) is 4.79 Å². The molecular weight excluding hydrogens is 296 g/mol. The highest BCUT2D eigenvalue weighted by Crippen LogP contribution is 2.39. The van der Waals surface area contributed by atoms with E-state index in [-0.39, 0.29) is 12.5 Å². The molecule has 1 amide bonds. The summed E-state index contributed by atoms with van der Waals surface area (Å²) in [4.78, 5) is 30.1. The normalized spacial score (nSPS) is 17.4. The number of carbonyl (C=O) groups is 2. The van der Waals surface area contributed by atoms with E-state index in [1.807, 2.05) is 6.92 Å². The van der Waals surface area contributed by atoms with Crippen LogP contribution in [0.2, 0.25) is 0 Å². The maximum atomic E-state index is 12.6. The van der Waals surface area contributed by atoms with Gasteiger partial charge in [-0.3, -0.25) is 9.78 Å². The number of allylic oxidation sites excluding steroid dienone is 1. The lowest BCUT2D eigenvalue weighted by atomic mass is 10.0. The number of pyridine rings is 1. The monoisotopic (exact) mass is 316 g/mol. The largest absolute Gasteiger partial charge is 0.513 e. The zero-order chi connectivity index (χ0) is 16.8. The summed E-state index contributed by atoms with van der Waals surface area (Å²) in [5, 5.41) is 0. The Bertz CT molecular complexity index is 625. The maximum absolute atomic E-state index is 12.6. The van der Waals surface area contributed by atoms with Crippen LogP contribution in [-0.4, -0.2) is 35.1 Å². The van der Waals surface area contributed by atoms with E-state index in [0.29, 0.717) is 24.3 Å². The van der Waals surface area contributed by atoms with Gasteiger partial charge in [0.1, 0.15) is 11.8 Å². The molecule has 0 spiro atoms. The highest BCUT2D eigenvalue weighted by atomic mass is 16.7. The number of ether oxygens (including phenoxy) is 2. The Balaban J connectivity index is 2.47. The molecule has 1 aliphatic rings. The first-order chi connectivity index (χ1) is 11.1. The zero-order valence-corrected chi connectivity index (χ0v) is 13.3. The van der Waals surface area contributed by atoms with Crippen molar-refractivity contribution < 1.29 is 19.1 Å². The molecule has 1 atom stereocenters. The van der Waals surface area contributed by atoms with Crippen molar-refractivity contribution in [2.45, 2.75) is 26.3 Å². The fourth-order valence-corrected chi connectivity index (χ4v) is 2.59. The number of hydrogen-bond acceptors (Lipinski definition) is 5. The van der Waals surface area contributed by atoms with E-state index in [4.69, 9.17) is 9.47 Å². The first-order valence-corrected chi connectivity index (χ1v) is 7.53. The maximum Gasteiger partial charge on any atom is 0.513 e. The summed E-state index contributed by atoms with van der Waals surface area (Å²) in [7, 11) is 0. The van der Waals surface area contributed by atoms with E-state index >= 15 is 0 Å². The van der Waals surface area contributed by atoms with E-state index in [9.17, 15) is 9.59 Å². The molecule has 0 saturated carbocycles.